The van der Waals surface area contributed by atoms with Crippen LogP contribution in [0.25, 0.3) is 11.4 Å². The lowest BCUT2D eigenvalue weighted by atomic mass is 10.2. The molecule has 1 saturated heterocycles. The summed E-state index contributed by atoms with van der Waals surface area (Å²) in [6.45, 7) is 0.718. The summed E-state index contributed by atoms with van der Waals surface area (Å²) in [5.74, 6) is 0.239. The van der Waals surface area contributed by atoms with Gasteiger partial charge in [0.15, 0.2) is 0 Å². The summed E-state index contributed by atoms with van der Waals surface area (Å²) in [5, 5.41) is 6.41. The normalized spacial score (nSPS) is 17.8. The summed E-state index contributed by atoms with van der Waals surface area (Å²) in [7, 11) is 0. The molecule has 0 spiro atoms. The second-order valence-corrected chi connectivity index (χ2v) is 4.64. The minimum atomic E-state index is -0.399. The number of rotatable bonds is 4. The SMILES string of the molecule is O=C(NCc1nc(-c2ccc[nH]c2=O)no1)C1CCCO1. The number of H-pyrrole nitrogens is 1. The smallest absolute Gasteiger partial charge is 0.259 e. The third kappa shape index (κ3) is 3.00. The number of aromatic amines is 1. The third-order valence-corrected chi connectivity index (χ3v) is 3.16. The fourth-order valence-electron chi connectivity index (χ4n) is 2.09. The molecule has 8 nitrogen and oxygen atoms in total. The van der Waals surface area contributed by atoms with E-state index in [0.29, 0.717) is 12.2 Å². The quantitative estimate of drug-likeness (QED) is 0.833. The molecule has 1 aliphatic rings. The van der Waals surface area contributed by atoms with E-state index in [0.717, 1.165) is 12.8 Å². The van der Waals surface area contributed by atoms with E-state index < -0.39 is 6.10 Å². The van der Waals surface area contributed by atoms with Crippen molar-refractivity contribution in [1.82, 2.24) is 20.4 Å². The van der Waals surface area contributed by atoms with Crippen molar-refractivity contribution < 1.29 is 14.1 Å². The number of pyridine rings is 1. The first-order valence-corrected chi connectivity index (χ1v) is 6.64. The van der Waals surface area contributed by atoms with Crippen molar-refractivity contribution in [3.05, 3.63) is 34.6 Å². The number of carbonyl (C=O) groups excluding carboxylic acids is 1. The van der Waals surface area contributed by atoms with Gasteiger partial charge < -0.3 is 19.6 Å². The van der Waals surface area contributed by atoms with Crippen LogP contribution in [0.4, 0.5) is 0 Å². The summed E-state index contributed by atoms with van der Waals surface area (Å²) in [5.41, 5.74) is 0.0196. The van der Waals surface area contributed by atoms with E-state index in [1.807, 2.05) is 0 Å². The maximum Gasteiger partial charge on any atom is 0.259 e. The van der Waals surface area contributed by atoms with Crippen LogP contribution in [0.2, 0.25) is 0 Å². The Morgan fingerprint density at radius 3 is 3.19 bits per heavy atom. The van der Waals surface area contributed by atoms with Crippen LogP contribution in [0.3, 0.4) is 0 Å². The molecule has 110 valence electrons. The standard InChI is InChI=1S/C13H14N4O4/c18-12-8(3-1-5-14-12)11-16-10(21-17-11)7-15-13(19)9-4-2-6-20-9/h1,3,5,9H,2,4,6-7H2,(H,14,18)(H,15,19). The topological polar surface area (TPSA) is 110 Å². The van der Waals surface area contributed by atoms with Crippen molar-refractivity contribution in [2.75, 3.05) is 6.61 Å². The summed E-state index contributed by atoms with van der Waals surface area (Å²) in [4.78, 5) is 30.0. The molecule has 8 heteroatoms. The Balaban J connectivity index is 1.64. The van der Waals surface area contributed by atoms with E-state index in [9.17, 15) is 9.59 Å². The molecule has 1 aliphatic heterocycles. The van der Waals surface area contributed by atoms with E-state index in [-0.39, 0.29) is 29.7 Å². The molecule has 2 aromatic rings. The number of hydrogen-bond donors (Lipinski definition) is 2. The van der Waals surface area contributed by atoms with E-state index in [1.54, 1.807) is 12.1 Å². The zero-order valence-electron chi connectivity index (χ0n) is 11.2. The maximum atomic E-state index is 11.8. The number of ether oxygens (including phenoxy) is 1. The van der Waals surface area contributed by atoms with Gasteiger partial charge in [-0.2, -0.15) is 4.98 Å². The molecule has 2 N–H and O–H groups in total. The van der Waals surface area contributed by atoms with E-state index in [1.165, 1.54) is 6.20 Å². The van der Waals surface area contributed by atoms with Gasteiger partial charge in [0.25, 0.3) is 5.56 Å². The lowest BCUT2D eigenvalue weighted by Gasteiger charge is -2.07. The zero-order valence-corrected chi connectivity index (χ0v) is 11.2. The minimum absolute atomic E-state index is 0.108. The van der Waals surface area contributed by atoms with Gasteiger partial charge in [0.05, 0.1) is 12.1 Å². The molecule has 21 heavy (non-hydrogen) atoms. The van der Waals surface area contributed by atoms with Crippen LogP contribution in [0.5, 0.6) is 0 Å². The Labute approximate surface area is 119 Å². The van der Waals surface area contributed by atoms with Crippen molar-refractivity contribution >= 4 is 5.91 Å². The largest absolute Gasteiger partial charge is 0.368 e. The maximum absolute atomic E-state index is 11.8. The molecule has 0 aromatic carbocycles. The van der Waals surface area contributed by atoms with Gasteiger partial charge in [0.2, 0.25) is 17.6 Å². The molecule has 1 fully saturated rings. The highest BCUT2D eigenvalue weighted by Gasteiger charge is 2.23. The number of nitrogens with zero attached hydrogens (tertiary/aromatic N) is 2. The minimum Gasteiger partial charge on any atom is -0.368 e. The lowest BCUT2D eigenvalue weighted by Crippen LogP contribution is -2.33. The highest BCUT2D eigenvalue weighted by atomic mass is 16.5. The van der Waals surface area contributed by atoms with Gasteiger partial charge >= 0.3 is 0 Å². The molecular formula is C13H14N4O4. The van der Waals surface area contributed by atoms with Crippen molar-refractivity contribution in [2.24, 2.45) is 0 Å². The number of hydrogen-bond acceptors (Lipinski definition) is 6. The average Bonchev–Trinajstić information content (AvgIpc) is 3.17. The summed E-state index contributed by atoms with van der Waals surface area (Å²) < 4.78 is 10.3. The molecule has 3 rings (SSSR count). The van der Waals surface area contributed by atoms with Crippen molar-refractivity contribution in [3.8, 4) is 11.4 Å². The first kappa shape index (κ1) is 13.5. The van der Waals surface area contributed by atoms with Crippen LogP contribution >= 0.6 is 0 Å². The van der Waals surface area contributed by atoms with Crippen molar-refractivity contribution in [1.29, 1.82) is 0 Å². The Morgan fingerprint density at radius 2 is 2.43 bits per heavy atom. The van der Waals surface area contributed by atoms with Crippen LogP contribution < -0.4 is 10.9 Å². The lowest BCUT2D eigenvalue weighted by molar-refractivity contribution is -0.130. The van der Waals surface area contributed by atoms with Crippen LogP contribution in [-0.4, -0.2) is 33.7 Å². The summed E-state index contributed by atoms with van der Waals surface area (Å²) in [6.07, 6.45) is 2.73. The van der Waals surface area contributed by atoms with E-state index in [2.05, 4.69) is 20.4 Å². The Bertz CT molecular complexity index is 687. The summed E-state index contributed by atoms with van der Waals surface area (Å²) >= 11 is 0. The monoisotopic (exact) mass is 290 g/mol. The van der Waals surface area contributed by atoms with E-state index in [4.69, 9.17) is 9.26 Å². The van der Waals surface area contributed by atoms with Gasteiger partial charge in [0.1, 0.15) is 6.10 Å². The van der Waals surface area contributed by atoms with Gasteiger partial charge in [-0.3, -0.25) is 9.59 Å². The van der Waals surface area contributed by atoms with Crippen LogP contribution in [0.15, 0.2) is 27.6 Å². The molecular weight excluding hydrogens is 276 g/mol. The van der Waals surface area contributed by atoms with Crippen LogP contribution in [0.1, 0.15) is 18.7 Å². The molecule has 3 heterocycles. The van der Waals surface area contributed by atoms with Crippen LogP contribution in [-0.2, 0) is 16.1 Å². The molecule has 1 unspecified atom stereocenters. The fraction of sp³-hybridized carbons (Fsp3) is 0.385. The molecule has 1 amide bonds. The third-order valence-electron chi connectivity index (χ3n) is 3.16. The van der Waals surface area contributed by atoms with Gasteiger partial charge in [-0.25, -0.2) is 0 Å². The predicted molar refractivity (Wildman–Crippen MR) is 71.2 cm³/mol. The number of carbonyl (C=O) groups is 1. The first-order chi connectivity index (χ1) is 10.2. The Hall–Kier alpha value is -2.48. The highest BCUT2D eigenvalue weighted by Crippen LogP contribution is 2.13. The molecule has 2 aromatic heterocycles. The Morgan fingerprint density at radius 1 is 1.52 bits per heavy atom. The van der Waals surface area contributed by atoms with E-state index >= 15 is 0 Å². The molecule has 0 bridgehead atoms. The average molecular weight is 290 g/mol. The zero-order chi connectivity index (χ0) is 14.7. The second kappa shape index (κ2) is 5.88. The van der Waals surface area contributed by atoms with Gasteiger partial charge in [-0.15, -0.1) is 0 Å². The predicted octanol–water partition coefficient (Wildman–Crippen LogP) is 0.220. The molecule has 1 atom stereocenters. The molecule has 0 saturated carbocycles. The number of nitrogens with one attached hydrogen (secondary N) is 2. The molecule has 0 aliphatic carbocycles. The number of aromatic nitrogens is 3. The molecule has 0 radical (unpaired) electrons. The highest BCUT2D eigenvalue weighted by molar-refractivity contribution is 5.80. The van der Waals surface area contributed by atoms with Crippen LogP contribution in [0, 0.1) is 0 Å². The van der Waals surface area contributed by atoms with Gasteiger partial charge in [-0.1, -0.05) is 5.16 Å². The van der Waals surface area contributed by atoms with Crippen molar-refractivity contribution in [3.63, 3.8) is 0 Å². The Kier molecular flexibility index (Phi) is 3.78. The van der Waals surface area contributed by atoms with Gasteiger partial charge in [-0.05, 0) is 25.0 Å². The van der Waals surface area contributed by atoms with Gasteiger partial charge in [0, 0.05) is 12.8 Å². The fourth-order valence-corrected chi connectivity index (χ4v) is 2.09. The van der Waals surface area contributed by atoms with Crippen molar-refractivity contribution in [2.45, 2.75) is 25.5 Å². The number of amides is 1. The summed E-state index contributed by atoms with van der Waals surface area (Å²) in [6, 6.07) is 3.27. The second-order valence-electron chi connectivity index (χ2n) is 4.64. The first-order valence-electron chi connectivity index (χ1n) is 6.64.